The Morgan fingerprint density at radius 1 is 1.29 bits per heavy atom. The van der Waals surface area contributed by atoms with Crippen LogP contribution in [-0.4, -0.2) is 16.0 Å². The average molecular weight is 230 g/mol. The fraction of sp³-hybridized carbons (Fsp3) is 0.154. The van der Waals surface area contributed by atoms with Crippen molar-refractivity contribution in [2.45, 2.75) is 13.0 Å². The Balaban J connectivity index is 1.85. The molecular weight excluding hydrogens is 216 g/mol. The molecule has 0 bridgehead atoms. The molecule has 1 aromatic heterocycles. The zero-order chi connectivity index (χ0) is 12.1. The summed E-state index contributed by atoms with van der Waals surface area (Å²) in [5.41, 5.74) is 1.84. The van der Waals surface area contributed by atoms with Crippen molar-refractivity contribution in [2.75, 3.05) is 0 Å². The van der Waals surface area contributed by atoms with Gasteiger partial charge in [-0.1, -0.05) is 12.1 Å². The maximum Gasteiger partial charge on any atom is 0.224 e. The topological polar surface area (TPSA) is 65.1 Å². The van der Waals surface area contributed by atoms with E-state index in [9.17, 15) is 9.90 Å². The van der Waals surface area contributed by atoms with Crippen molar-refractivity contribution in [3.63, 3.8) is 0 Å². The Morgan fingerprint density at radius 2 is 2.18 bits per heavy atom. The predicted octanol–water partition coefficient (Wildman–Crippen LogP) is 1.58. The number of aromatic nitrogens is 1. The number of carbonyl (C=O) groups excluding carboxylic acids is 1. The molecule has 88 valence electrons. The Hall–Kier alpha value is -2.23. The predicted molar refractivity (Wildman–Crippen MR) is 64.5 cm³/mol. The number of phenolic OH excluding ortho intramolecular Hbond substituents is 1. The first-order valence-corrected chi connectivity index (χ1v) is 5.40. The van der Waals surface area contributed by atoms with Crippen LogP contribution in [0.5, 0.6) is 5.75 Å². The molecule has 2 aromatic rings. The molecule has 0 aliphatic carbocycles. The molecule has 0 saturated carbocycles. The van der Waals surface area contributed by atoms with E-state index in [1.165, 1.54) is 0 Å². The van der Waals surface area contributed by atoms with Gasteiger partial charge in [-0.05, 0) is 29.3 Å². The lowest BCUT2D eigenvalue weighted by atomic mass is 10.1. The molecule has 0 spiro atoms. The standard InChI is InChI=1S/C13H14N2O2/c16-12-3-1-2-10(6-12)7-13(17)15-9-11-4-5-14-8-11/h1-6,8,14,16H,7,9H2,(H,15,17). The first kappa shape index (κ1) is 11.3. The van der Waals surface area contributed by atoms with Crippen molar-refractivity contribution in [3.8, 4) is 5.75 Å². The van der Waals surface area contributed by atoms with Crippen molar-refractivity contribution in [1.82, 2.24) is 10.3 Å². The molecule has 0 saturated heterocycles. The van der Waals surface area contributed by atoms with Crippen LogP contribution in [0, 0.1) is 0 Å². The van der Waals surface area contributed by atoms with Gasteiger partial charge in [0.05, 0.1) is 6.42 Å². The molecule has 0 unspecified atom stereocenters. The number of benzene rings is 1. The van der Waals surface area contributed by atoms with E-state index in [4.69, 9.17) is 0 Å². The van der Waals surface area contributed by atoms with Crippen LogP contribution in [0.25, 0.3) is 0 Å². The van der Waals surface area contributed by atoms with E-state index in [0.29, 0.717) is 6.54 Å². The minimum atomic E-state index is -0.0585. The van der Waals surface area contributed by atoms with Gasteiger partial charge in [0, 0.05) is 18.9 Å². The van der Waals surface area contributed by atoms with Gasteiger partial charge in [-0.2, -0.15) is 0 Å². The van der Waals surface area contributed by atoms with E-state index in [1.54, 1.807) is 18.2 Å². The first-order chi connectivity index (χ1) is 8.24. The zero-order valence-electron chi connectivity index (χ0n) is 9.31. The molecule has 1 aromatic carbocycles. The third-order valence-corrected chi connectivity index (χ3v) is 2.43. The highest BCUT2D eigenvalue weighted by Crippen LogP contribution is 2.11. The molecule has 1 heterocycles. The third-order valence-electron chi connectivity index (χ3n) is 2.43. The summed E-state index contributed by atoms with van der Waals surface area (Å²) in [6.07, 6.45) is 3.93. The maximum absolute atomic E-state index is 11.6. The van der Waals surface area contributed by atoms with E-state index in [-0.39, 0.29) is 18.1 Å². The minimum Gasteiger partial charge on any atom is -0.508 e. The number of aromatic hydroxyl groups is 1. The van der Waals surface area contributed by atoms with Gasteiger partial charge < -0.3 is 15.4 Å². The van der Waals surface area contributed by atoms with Crippen LogP contribution in [0.1, 0.15) is 11.1 Å². The zero-order valence-corrected chi connectivity index (χ0v) is 9.31. The van der Waals surface area contributed by atoms with Crippen LogP contribution in [-0.2, 0) is 17.8 Å². The average Bonchev–Trinajstić information content (AvgIpc) is 2.79. The lowest BCUT2D eigenvalue weighted by molar-refractivity contribution is -0.120. The van der Waals surface area contributed by atoms with Crippen molar-refractivity contribution < 1.29 is 9.90 Å². The fourth-order valence-electron chi connectivity index (χ4n) is 1.58. The van der Waals surface area contributed by atoms with Crippen LogP contribution in [0.4, 0.5) is 0 Å². The molecule has 17 heavy (non-hydrogen) atoms. The van der Waals surface area contributed by atoms with Gasteiger partial charge in [-0.3, -0.25) is 4.79 Å². The fourth-order valence-corrected chi connectivity index (χ4v) is 1.58. The number of phenols is 1. The van der Waals surface area contributed by atoms with Gasteiger partial charge >= 0.3 is 0 Å². The van der Waals surface area contributed by atoms with Crippen LogP contribution in [0.15, 0.2) is 42.7 Å². The van der Waals surface area contributed by atoms with Crippen LogP contribution < -0.4 is 5.32 Å². The van der Waals surface area contributed by atoms with E-state index in [0.717, 1.165) is 11.1 Å². The smallest absolute Gasteiger partial charge is 0.224 e. The summed E-state index contributed by atoms with van der Waals surface area (Å²) >= 11 is 0. The molecule has 0 aliphatic heterocycles. The largest absolute Gasteiger partial charge is 0.508 e. The summed E-state index contributed by atoms with van der Waals surface area (Å²) in [7, 11) is 0. The lowest BCUT2D eigenvalue weighted by Gasteiger charge is -2.04. The van der Waals surface area contributed by atoms with Gasteiger partial charge in [0.1, 0.15) is 5.75 Å². The lowest BCUT2D eigenvalue weighted by Crippen LogP contribution is -2.24. The second-order valence-electron chi connectivity index (χ2n) is 3.84. The second-order valence-corrected chi connectivity index (χ2v) is 3.84. The number of hydrogen-bond donors (Lipinski definition) is 3. The van der Waals surface area contributed by atoms with Crippen LogP contribution >= 0.6 is 0 Å². The quantitative estimate of drug-likeness (QED) is 0.746. The van der Waals surface area contributed by atoms with E-state index in [2.05, 4.69) is 10.3 Å². The highest BCUT2D eigenvalue weighted by Gasteiger charge is 2.03. The highest BCUT2D eigenvalue weighted by atomic mass is 16.3. The SMILES string of the molecule is O=C(Cc1cccc(O)c1)NCc1cc[nH]c1. The Morgan fingerprint density at radius 3 is 2.88 bits per heavy atom. The third kappa shape index (κ3) is 3.38. The molecule has 3 N–H and O–H groups in total. The number of nitrogens with one attached hydrogen (secondary N) is 2. The van der Waals surface area contributed by atoms with E-state index >= 15 is 0 Å². The van der Waals surface area contributed by atoms with Crippen molar-refractivity contribution in [1.29, 1.82) is 0 Å². The minimum absolute atomic E-state index is 0.0585. The summed E-state index contributed by atoms with van der Waals surface area (Å²) in [6, 6.07) is 8.63. The Kier molecular flexibility index (Phi) is 3.45. The monoisotopic (exact) mass is 230 g/mol. The van der Waals surface area contributed by atoms with Crippen LogP contribution in [0.2, 0.25) is 0 Å². The first-order valence-electron chi connectivity index (χ1n) is 5.40. The van der Waals surface area contributed by atoms with E-state index in [1.807, 2.05) is 24.5 Å². The van der Waals surface area contributed by atoms with Gasteiger partial charge in [0.15, 0.2) is 0 Å². The summed E-state index contributed by atoms with van der Waals surface area (Å²) in [5, 5.41) is 12.1. The van der Waals surface area contributed by atoms with Gasteiger partial charge in [0.2, 0.25) is 5.91 Å². The number of carbonyl (C=O) groups is 1. The molecule has 2 rings (SSSR count). The molecule has 0 atom stereocenters. The van der Waals surface area contributed by atoms with Crippen molar-refractivity contribution in [3.05, 3.63) is 53.9 Å². The second kappa shape index (κ2) is 5.21. The van der Waals surface area contributed by atoms with Gasteiger partial charge in [-0.25, -0.2) is 0 Å². The highest BCUT2D eigenvalue weighted by molar-refractivity contribution is 5.78. The number of hydrogen-bond acceptors (Lipinski definition) is 2. The Bertz CT molecular complexity index is 492. The summed E-state index contributed by atoms with van der Waals surface area (Å²) in [5.74, 6) is 0.123. The van der Waals surface area contributed by atoms with E-state index < -0.39 is 0 Å². The summed E-state index contributed by atoms with van der Waals surface area (Å²) in [6.45, 7) is 0.515. The molecule has 1 amide bonds. The van der Waals surface area contributed by atoms with Crippen molar-refractivity contribution >= 4 is 5.91 Å². The maximum atomic E-state index is 11.6. The normalized spacial score (nSPS) is 10.1. The summed E-state index contributed by atoms with van der Waals surface area (Å²) in [4.78, 5) is 14.5. The molecule has 0 fully saturated rings. The number of H-pyrrole nitrogens is 1. The number of rotatable bonds is 4. The molecular formula is C13H14N2O2. The molecule has 0 aliphatic rings. The number of amides is 1. The molecule has 4 nitrogen and oxygen atoms in total. The van der Waals surface area contributed by atoms with Crippen molar-refractivity contribution in [2.24, 2.45) is 0 Å². The molecule has 4 heteroatoms. The Labute approximate surface area is 99.3 Å². The summed E-state index contributed by atoms with van der Waals surface area (Å²) < 4.78 is 0. The van der Waals surface area contributed by atoms with Crippen LogP contribution in [0.3, 0.4) is 0 Å². The molecule has 0 radical (unpaired) electrons. The van der Waals surface area contributed by atoms with Gasteiger partial charge in [-0.15, -0.1) is 0 Å². The number of aromatic amines is 1. The van der Waals surface area contributed by atoms with Gasteiger partial charge in [0.25, 0.3) is 0 Å².